The van der Waals surface area contributed by atoms with Crippen molar-refractivity contribution in [2.45, 2.75) is 30.3 Å². The molecule has 1 aromatic carbocycles. The lowest BCUT2D eigenvalue weighted by molar-refractivity contribution is 0.0976. The van der Waals surface area contributed by atoms with Crippen molar-refractivity contribution in [1.29, 1.82) is 0 Å². The SMILES string of the molecule is O=C1CCCc2c(S(=O)(=O)NCC(O)c3ccc(F)cc3F)csc21. The minimum Gasteiger partial charge on any atom is -0.387 e. The zero-order valence-electron chi connectivity index (χ0n) is 13.0. The second kappa shape index (κ2) is 6.91. The highest BCUT2D eigenvalue weighted by Gasteiger charge is 2.29. The molecule has 1 aromatic heterocycles. The van der Waals surface area contributed by atoms with E-state index in [1.165, 1.54) is 5.38 Å². The molecule has 1 unspecified atom stereocenters. The number of hydrogen-bond donors (Lipinski definition) is 2. The third-order valence-electron chi connectivity index (χ3n) is 4.02. The maximum absolute atomic E-state index is 13.6. The molecule has 0 amide bonds. The Balaban J connectivity index is 1.77. The van der Waals surface area contributed by atoms with E-state index in [4.69, 9.17) is 0 Å². The van der Waals surface area contributed by atoms with Crippen LogP contribution in [0.25, 0.3) is 0 Å². The second-order valence-electron chi connectivity index (χ2n) is 5.72. The number of aliphatic hydroxyl groups is 1. The van der Waals surface area contributed by atoms with E-state index in [1.807, 2.05) is 0 Å². The molecule has 0 aliphatic heterocycles. The number of sulfonamides is 1. The number of hydrogen-bond acceptors (Lipinski definition) is 5. The standard InChI is InChI=1S/C16H15F2NO4S2/c17-9-4-5-10(12(18)6-9)14(21)7-19-25(22,23)15-8-24-16-11(15)2-1-3-13(16)20/h4-6,8,14,19,21H,1-3,7H2. The van der Waals surface area contributed by atoms with Crippen LogP contribution in [0.2, 0.25) is 0 Å². The summed E-state index contributed by atoms with van der Waals surface area (Å²) in [5.41, 5.74) is 0.294. The Labute approximate surface area is 147 Å². The van der Waals surface area contributed by atoms with Crippen molar-refractivity contribution in [2.75, 3.05) is 6.54 Å². The molecule has 1 heterocycles. The predicted octanol–water partition coefficient (Wildman–Crippen LogP) is 2.56. The van der Waals surface area contributed by atoms with Gasteiger partial charge >= 0.3 is 0 Å². The van der Waals surface area contributed by atoms with Crippen LogP contribution >= 0.6 is 11.3 Å². The molecule has 0 radical (unpaired) electrons. The first-order valence-electron chi connectivity index (χ1n) is 7.56. The average Bonchev–Trinajstić information content (AvgIpc) is 2.99. The summed E-state index contributed by atoms with van der Waals surface area (Å²) in [6.07, 6.45) is 0.0273. The highest BCUT2D eigenvalue weighted by molar-refractivity contribution is 7.89. The molecule has 5 nitrogen and oxygen atoms in total. The number of benzene rings is 1. The summed E-state index contributed by atoms with van der Waals surface area (Å²) in [6.45, 7) is -0.469. The Morgan fingerprint density at radius 2 is 2.04 bits per heavy atom. The lowest BCUT2D eigenvalue weighted by Crippen LogP contribution is -2.29. The van der Waals surface area contributed by atoms with Crippen molar-refractivity contribution < 1.29 is 27.1 Å². The van der Waals surface area contributed by atoms with Crippen molar-refractivity contribution in [3.05, 3.63) is 51.2 Å². The molecule has 0 bridgehead atoms. The van der Waals surface area contributed by atoms with Gasteiger partial charge in [-0.15, -0.1) is 11.3 Å². The first-order valence-corrected chi connectivity index (χ1v) is 9.92. The van der Waals surface area contributed by atoms with Crippen molar-refractivity contribution in [3.8, 4) is 0 Å². The topological polar surface area (TPSA) is 83.5 Å². The number of rotatable bonds is 5. The normalized spacial score (nSPS) is 15.9. The van der Waals surface area contributed by atoms with Crippen LogP contribution in [0.4, 0.5) is 8.78 Å². The molecule has 2 N–H and O–H groups in total. The van der Waals surface area contributed by atoms with Crippen molar-refractivity contribution in [2.24, 2.45) is 0 Å². The van der Waals surface area contributed by atoms with Crippen LogP contribution in [-0.2, 0) is 16.4 Å². The zero-order chi connectivity index (χ0) is 18.2. The maximum atomic E-state index is 13.6. The quantitative estimate of drug-likeness (QED) is 0.826. The van der Waals surface area contributed by atoms with E-state index in [-0.39, 0.29) is 16.2 Å². The van der Waals surface area contributed by atoms with Gasteiger partial charge in [-0.25, -0.2) is 21.9 Å². The number of carbonyl (C=O) groups excluding carboxylic acids is 1. The zero-order valence-corrected chi connectivity index (χ0v) is 14.6. The lowest BCUT2D eigenvalue weighted by Gasteiger charge is -2.15. The Bertz CT molecular complexity index is 924. The summed E-state index contributed by atoms with van der Waals surface area (Å²) in [5, 5.41) is 11.4. The van der Waals surface area contributed by atoms with Crippen molar-refractivity contribution >= 4 is 27.1 Å². The van der Waals surface area contributed by atoms with Gasteiger partial charge in [0.1, 0.15) is 11.6 Å². The first kappa shape index (κ1) is 18.1. The molecular weight excluding hydrogens is 372 g/mol. The number of ketones is 1. The van der Waals surface area contributed by atoms with E-state index in [1.54, 1.807) is 0 Å². The summed E-state index contributed by atoms with van der Waals surface area (Å²) in [6, 6.07) is 2.67. The molecule has 134 valence electrons. The van der Waals surface area contributed by atoms with Gasteiger partial charge in [0.05, 0.1) is 15.9 Å². The number of nitrogens with one attached hydrogen (secondary N) is 1. The van der Waals surface area contributed by atoms with Crippen LogP contribution in [0.1, 0.15) is 39.7 Å². The van der Waals surface area contributed by atoms with E-state index in [0.29, 0.717) is 35.8 Å². The van der Waals surface area contributed by atoms with Gasteiger partial charge in [0.2, 0.25) is 10.0 Å². The molecule has 1 aliphatic carbocycles. The van der Waals surface area contributed by atoms with Crippen LogP contribution in [0, 0.1) is 11.6 Å². The van der Waals surface area contributed by atoms with E-state index >= 15 is 0 Å². The highest BCUT2D eigenvalue weighted by Crippen LogP contribution is 2.33. The van der Waals surface area contributed by atoms with E-state index in [9.17, 15) is 27.1 Å². The number of halogens is 2. The molecule has 0 saturated carbocycles. The van der Waals surface area contributed by atoms with Gasteiger partial charge in [0.15, 0.2) is 5.78 Å². The largest absolute Gasteiger partial charge is 0.387 e. The fourth-order valence-electron chi connectivity index (χ4n) is 2.75. The molecule has 9 heteroatoms. The summed E-state index contributed by atoms with van der Waals surface area (Å²) >= 11 is 1.09. The summed E-state index contributed by atoms with van der Waals surface area (Å²) in [7, 11) is -3.95. The molecule has 1 aliphatic rings. The van der Waals surface area contributed by atoms with E-state index in [2.05, 4.69) is 4.72 Å². The van der Waals surface area contributed by atoms with Gasteiger partial charge in [-0.3, -0.25) is 4.79 Å². The minimum absolute atomic E-state index is 0.0207. The Kier molecular flexibility index (Phi) is 5.01. The fraction of sp³-hybridized carbons (Fsp3) is 0.312. The second-order valence-corrected chi connectivity index (χ2v) is 8.33. The molecule has 2 aromatic rings. The molecule has 0 spiro atoms. The molecule has 3 rings (SSSR count). The van der Waals surface area contributed by atoms with E-state index < -0.39 is 34.3 Å². The highest BCUT2D eigenvalue weighted by atomic mass is 32.2. The van der Waals surface area contributed by atoms with Gasteiger partial charge in [-0.05, 0) is 24.5 Å². The van der Waals surface area contributed by atoms with Crippen LogP contribution in [0.5, 0.6) is 0 Å². The Morgan fingerprint density at radius 1 is 1.28 bits per heavy atom. The Morgan fingerprint density at radius 3 is 2.76 bits per heavy atom. The molecule has 1 atom stereocenters. The predicted molar refractivity (Wildman–Crippen MR) is 88.1 cm³/mol. The first-order chi connectivity index (χ1) is 11.8. The van der Waals surface area contributed by atoms with Gasteiger partial charge < -0.3 is 5.11 Å². The maximum Gasteiger partial charge on any atom is 0.241 e. The number of aliphatic hydroxyl groups excluding tert-OH is 1. The summed E-state index contributed by atoms with van der Waals surface area (Å²) in [5.74, 6) is -1.81. The number of carbonyl (C=O) groups is 1. The lowest BCUT2D eigenvalue weighted by atomic mass is 9.98. The number of thiophene rings is 1. The van der Waals surface area contributed by atoms with Crippen LogP contribution < -0.4 is 4.72 Å². The third kappa shape index (κ3) is 3.64. The third-order valence-corrected chi connectivity index (χ3v) is 6.72. The number of Topliss-reactive ketones (excluding diaryl/α,β-unsaturated/α-hetero) is 1. The summed E-state index contributed by atoms with van der Waals surface area (Å²) < 4.78 is 53.7. The fourth-order valence-corrected chi connectivity index (χ4v) is 5.48. The summed E-state index contributed by atoms with van der Waals surface area (Å²) in [4.78, 5) is 12.3. The molecular formula is C16H15F2NO4S2. The minimum atomic E-state index is -3.95. The van der Waals surface area contributed by atoms with E-state index in [0.717, 1.165) is 23.5 Å². The molecule has 25 heavy (non-hydrogen) atoms. The van der Waals surface area contributed by atoms with Crippen molar-refractivity contribution in [3.63, 3.8) is 0 Å². The van der Waals surface area contributed by atoms with Gasteiger partial charge in [-0.2, -0.15) is 0 Å². The molecule has 0 saturated heterocycles. The van der Waals surface area contributed by atoms with Crippen LogP contribution in [-0.4, -0.2) is 25.9 Å². The van der Waals surface area contributed by atoms with Crippen LogP contribution in [0.3, 0.4) is 0 Å². The molecule has 0 fully saturated rings. The van der Waals surface area contributed by atoms with Gasteiger partial charge in [0.25, 0.3) is 0 Å². The smallest absolute Gasteiger partial charge is 0.241 e. The monoisotopic (exact) mass is 387 g/mol. The van der Waals surface area contributed by atoms with Gasteiger partial charge in [-0.1, -0.05) is 6.07 Å². The van der Waals surface area contributed by atoms with Gasteiger partial charge in [0, 0.05) is 30.0 Å². The Hall–Kier alpha value is -1.68. The number of fused-ring (bicyclic) bond motifs is 1. The van der Waals surface area contributed by atoms with Crippen LogP contribution in [0.15, 0.2) is 28.5 Å². The average molecular weight is 387 g/mol. The van der Waals surface area contributed by atoms with Crippen molar-refractivity contribution in [1.82, 2.24) is 4.72 Å².